The molecule has 3 aromatic rings. The van der Waals surface area contributed by atoms with Gasteiger partial charge >= 0.3 is 11.9 Å². The van der Waals surface area contributed by atoms with Gasteiger partial charge in [0, 0.05) is 5.39 Å². The normalized spacial score (nSPS) is 11.0. The lowest BCUT2D eigenvalue weighted by Gasteiger charge is -2.08. The first-order valence-corrected chi connectivity index (χ1v) is 8.38. The van der Waals surface area contributed by atoms with E-state index in [1.54, 1.807) is 51.1 Å². The van der Waals surface area contributed by atoms with E-state index in [0.29, 0.717) is 33.6 Å². The van der Waals surface area contributed by atoms with Crippen LogP contribution in [0.15, 0.2) is 46.9 Å². The van der Waals surface area contributed by atoms with Crippen LogP contribution in [0.5, 0.6) is 5.75 Å². The van der Waals surface area contributed by atoms with E-state index in [-0.39, 0.29) is 6.10 Å². The molecule has 0 fully saturated rings. The van der Waals surface area contributed by atoms with Gasteiger partial charge in [-0.15, -0.1) is 0 Å². The van der Waals surface area contributed by atoms with Crippen LogP contribution in [0, 0.1) is 13.8 Å². The zero-order valence-electron chi connectivity index (χ0n) is 15.2. The van der Waals surface area contributed by atoms with Crippen LogP contribution in [0.25, 0.3) is 11.0 Å². The van der Waals surface area contributed by atoms with Gasteiger partial charge in [0.2, 0.25) is 0 Å². The standard InChI is InChI=1S/C21H20O5/c1-12(2)24-21(23)19-14(4)25-18-10-9-16(11-17(18)19)26-20(22)15-7-5-13(3)6-8-15/h5-12H,1-4H3. The number of hydrogen-bond donors (Lipinski definition) is 0. The van der Waals surface area contributed by atoms with E-state index in [9.17, 15) is 9.59 Å². The molecule has 0 aliphatic rings. The summed E-state index contributed by atoms with van der Waals surface area (Å²) in [5, 5.41) is 0.558. The molecule has 5 nitrogen and oxygen atoms in total. The van der Waals surface area contributed by atoms with E-state index in [1.165, 1.54) is 0 Å². The van der Waals surface area contributed by atoms with Crippen molar-refractivity contribution in [1.29, 1.82) is 0 Å². The first-order valence-electron chi connectivity index (χ1n) is 8.38. The summed E-state index contributed by atoms with van der Waals surface area (Å²) >= 11 is 0. The Balaban J connectivity index is 1.92. The fourth-order valence-corrected chi connectivity index (χ4v) is 2.64. The molecule has 2 aromatic carbocycles. The average Bonchev–Trinajstić information content (AvgIpc) is 2.90. The van der Waals surface area contributed by atoms with E-state index in [4.69, 9.17) is 13.9 Å². The third-order valence-corrected chi connectivity index (χ3v) is 3.88. The summed E-state index contributed by atoms with van der Waals surface area (Å²) in [5.41, 5.74) is 2.40. The Bertz CT molecular complexity index is 964. The minimum atomic E-state index is -0.462. The molecule has 0 aliphatic heterocycles. The van der Waals surface area contributed by atoms with Crippen molar-refractivity contribution in [2.45, 2.75) is 33.8 Å². The molecule has 0 amide bonds. The lowest BCUT2D eigenvalue weighted by Crippen LogP contribution is -2.12. The van der Waals surface area contributed by atoms with Gasteiger partial charge in [0.05, 0.1) is 11.7 Å². The summed E-state index contributed by atoms with van der Waals surface area (Å²) in [7, 11) is 0. The van der Waals surface area contributed by atoms with Gasteiger partial charge in [0.25, 0.3) is 0 Å². The maximum atomic E-state index is 12.3. The van der Waals surface area contributed by atoms with Crippen LogP contribution in [0.4, 0.5) is 0 Å². The number of benzene rings is 2. The Labute approximate surface area is 151 Å². The molecule has 0 aliphatic carbocycles. The van der Waals surface area contributed by atoms with E-state index < -0.39 is 11.9 Å². The second-order valence-electron chi connectivity index (χ2n) is 6.40. The van der Waals surface area contributed by atoms with Gasteiger partial charge < -0.3 is 13.9 Å². The molecule has 1 aromatic heterocycles. The minimum Gasteiger partial charge on any atom is -0.460 e. The van der Waals surface area contributed by atoms with Crippen molar-refractivity contribution in [2.24, 2.45) is 0 Å². The van der Waals surface area contributed by atoms with Crippen LogP contribution >= 0.6 is 0 Å². The molecule has 1 heterocycles. The SMILES string of the molecule is Cc1ccc(C(=O)Oc2ccc3oc(C)c(C(=O)OC(C)C)c3c2)cc1. The zero-order chi connectivity index (χ0) is 18.8. The Morgan fingerprint density at radius 3 is 2.31 bits per heavy atom. The maximum Gasteiger partial charge on any atom is 0.343 e. The van der Waals surface area contributed by atoms with Crippen molar-refractivity contribution < 1.29 is 23.5 Å². The molecule has 26 heavy (non-hydrogen) atoms. The Morgan fingerprint density at radius 2 is 1.65 bits per heavy atom. The number of carbonyl (C=O) groups excluding carboxylic acids is 2. The predicted molar refractivity (Wildman–Crippen MR) is 97.6 cm³/mol. The van der Waals surface area contributed by atoms with E-state index >= 15 is 0 Å². The molecule has 5 heteroatoms. The van der Waals surface area contributed by atoms with E-state index in [1.807, 2.05) is 19.1 Å². The van der Waals surface area contributed by atoms with E-state index in [0.717, 1.165) is 5.56 Å². The average molecular weight is 352 g/mol. The molecule has 0 radical (unpaired) electrons. The zero-order valence-corrected chi connectivity index (χ0v) is 15.2. The Morgan fingerprint density at radius 1 is 0.962 bits per heavy atom. The number of ether oxygens (including phenoxy) is 2. The molecule has 0 bridgehead atoms. The summed E-state index contributed by atoms with van der Waals surface area (Å²) in [4.78, 5) is 24.6. The lowest BCUT2D eigenvalue weighted by atomic mass is 10.1. The van der Waals surface area contributed by atoms with Crippen LogP contribution in [-0.4, -0.2) is 18.0 Å². The summed E-state index contributed by atoms with van der Waals surface area (Å²) in [6.45, 7) is 7.21. The number of furan rings is 1. The first kappa shape index (κ1) is 17.7. The monoisotopic (exact) mass is 352 g/mol. The minimum absolute atomic E-state index is 0.241. The third-order valence-electron chi connectivity index (χ3n) is 3.88. The van der Waals surface area contributed by atoms with Gasteiger partial charge in [-0.05, 0) is 58.0 Å². The molecular formula is C21H20O5. The number of fused-ring (bicyclic) bond motifs is 1. The molecule has 134 valence electrons. The number of carbonyl (C=O) groups is 2. The summed E-state index contributed by atoms with van der Waals surface area (Å²) in [6.07, 6.45) is -0.241. The molecular weight excluding hydrogens is 332 g/mol. The smallest absolute Gasteiger partial charge is 0.343 e. The van der Waals surface area contributed by atoms with Gasteiger partial charge in [-0.25, -0.2) is 9.59 Å². The Kier molecular flexibility index (Phi) is 4.80. The number of esters is 2. The number of aryl methyl sites for hydroxylation is 2. The first-order chi connectivity index (χ1) is 12.3. The van der Waals surface area contributed by atoms with Crippen LogP contribution in [0.3, 0.4) is 0 Å². The fourth-order valence-electron chi connectivity index (χ4n) is 2.64. The van der Waals surface area contributed by atoms with Crippen molar-refractivity contribution in [1.82, 2.24) is 0 Å². The topological polar surface area (TPSA) is 65.7 Å². The Hall–Kier alpha value is -3.08. The summed E-state index contributed by atoms with van der Waals surface area (Å²) in [6, 6.07) is 12.0. The van der Waals surface area contributed by atoms with Crippen LogP contribution < -0.4 is 4.74 Å². The molecule has 0 unspecified atom stereocenters. The second kappa shape index (κ2) is 7.04. The van der Waals surface area contributed by atoms with Crippen molar-refractivity contribution in [3.63, 3.8) is 0 Å². The summed E-state index contributed by atoms with van der Waals surface area (Å²) < 4.78 is 16.3. The predicted octanol–water partition coefficient (Wildman–Crippen LogP) is 4.83. The summed E-state index contributed by atoms with van der Waals surface area (Å²) in [5.74, 6) is -0.121. The van der Waals surface area contributed by atoms with Crippen LogP contribution in [0.1, 0.15) is 45.9 Å². The molecule has 3 rings (SSSR count). The largest absolute Gasteiger partial charge is 0.460 e. The van der Waals surface area contributed by atoms with Gasteiger partial charge in [0.15, 0.2) is 0 Å². The molecule has 0 atom stereocenters. The number of hydrogen-bond acceptors (Lipinski definition) is 5. The number of rotatable bonds is 4. The maximum absolute atomic E-state index is 12.3. The molecule has 0 saturated heterocycles. The van der Waals surface area contributed by atoms with Gasteiger partial charge in [-0.2, -0.15) is 0 Å². The van der Waals surface area contributed by atoms with Crippen LogP contribution in [-0.2, 0) is 4.74 Å². The van der Waals surface area contributed by atoms with Crippen molar-refractivity contribution >= 4 is 22.9 Å². The van der Waals surface area contributed by atoms with Gasteiger partial charge in [-0.1, -0.05) is 17.7 Å². The van der Waals surface area contributed by atoms with E-state index in [2.05, 4.69) is 0 Å². The van der Waals surface area contributed by atoms with Crippen LogP contribution in [0.2, 0.25) is 0 Å². The third kappa shape index (κ3) is 3.61. The molecule has 0 spiro atoms. The van der Waals surface area contributed by atoms with Gasteiger partial charge in [0.1, 0.15) is 22.7 Å². The highest BCUT2D eigenvalue weighted by Crippen LogP contribution is 2.30. The highest BCUT2D eigenvalue weighted by Gasteiger charge is 2.21. The van der Waals surface area contributed by atoms with Crippen molar-refractivity contribution in [3.8, 4) is 5.75 Å². The molecule has 0 saturated carbocycles. The lowest BCUT2D eigenvalue weighted by molar-refractivity contribution is 0.0378. The molecule has 0 N–H and O–H groups in total. The van der Waals surface area contributed by atoms with Crippen molar-refractivity contribution in [2.75, 3.05) is 0 Å². The van der Waals surface area contributed by atoms with Gasteiger partial charge in [-0.3, -0.25) is 0 Å². The highest BCUT2D eigenvalue weighted by atomic mass is 16.5. The second-order valence-corrected chi connectivity index (χ2v) is 6.40. The fraction of sp³-hybridized carbons (Fsp3) is 0.238. The quantitative estimate of drug-likeness (QED) is 0.497. The highest BCUT2D eigenvalue weighted by molar-refractivity contribution is 6.05. The van der Waals surface area contributed by atoms with Crippen molar-refractivity contribution in [3.05, 3.63) is 64.9 Å².